The van der Waals surface area contributed by atoms with Crippen molar-refractivity contribution in [3.63, 3.8) is 0 Å². The van der Waals surface area contributed by atoms with Gasteiger partial charge in [0.05, 0.1) is 11.7 Å². The van der Waals surface area contributed by atoms with E-state index in [2.05, 4.69) is 17.2 Å². The number of thioether (sulfide) groups is 1. The summed E-state index contributed by atoms with van der Waals surface area (Å²) in [5.41, 5.74) is 0. The third kappa shape index (κ3) is 5.22. The van der Waals surface area contributed by atoms with Crippen molar-refractivity contribution in [2.24, 2.45) is 4.99 Å². The van der Waals surface area contributed by atoms with E-state index in [-0.39, 0.29) is 12.3 Å². The molecule has 0 saturated carbocycles. The molecule has 1 atom stereocenters. The van der Waals surface area contributed by atoms with Crippen molar-refractivity contribution in [2.75, 3.05) is 18.1 Å². The molecule has 0 saturated heterocycles. The molecular formula is C11H11F10NS2. The van der Waals surface area contributed by atoms with E-state index in [4.69, 9.17) is 0 Å². The quantitative estimate of drug-likeness (QED) is 0.206. The second-order valence-electron chi connectivity index (χ2n) is 4.46. The first kappa shape index (κ1) is 23.4. The lowest BCUT2D eigenvalue weighted by Gasteiger charge is -2.35. The minimum atomic E-state index is -7.07. The van der Waals surface area contributed by atoms with Crippen LogP contribution in [0, 0.1) is 0 Å². The molecule has 142 valence electrons. The van der Waals surface area contributed by atoms with Gasteiger partial charge in [0, 0.05) is 5.75 Å². The van der Waals surface area contributed by atoms with Crippen LogP contribution in [0.3, 0.4) is 0 Å². The van der Waals surface area contributed by atoms with Crippen LogP contribution in [-0.4, -0.2) is 53.3 Å². The monoisotopic (exact) mass is 411 g/mol. The van der Waals surface area contributed by atoms with Gasteiger partial charge in [0.2, 0.25) is 0 Å². The minimum absolute atomic E-state index is 0.00924. The van der Waals surface area contributed by atoms with Crippen molar-refractivity contribution < 1.29 is 43.9 Å². The normalized spacial score (nSPS) is 15.1. The zero-order valence-electron chi connectivity index (χ0n) is 11.7. The SMILES string of the molecule is FC(CCCSCCN=C=S)C(F)(F)C(F)(F)C(F)(F)C(F)(F)F. The molecule has 0 radical (unpaired) electrons. The molecule has 0 aliphatic heterocycles. The first-order chi connectivity index (χ1) is 10.7. The van der Waals surface area contributed by atoms with Gasteiger partial charge in [-0.05, 0) is 30.8 Å². The van der Waals surface area contributed by atoms with Gasteiger partial charge in [-0.2, -0.15) is 51.3 Å². The van der Waals surface area contributed by atoms with E-state index in [1.807, 2.05) is 5.16 Å². The van der Waals surface area contributed by atoms with E-state index in [0.717, 1.165) is 11.8 Å². The van der Waals surface area contributed by atoms with E-state index >= 15 is 0 Å². The topological polar surface area (TPSA) is 12.4 Å². The highest BCUT2D eigenvalue weighted by atomic mass is 32.2. The largest absolute Gasteiger partial charge is 0.460 e. The van der Waals surface area contributed by atoms with Crippen molar-refractivity contribution in [1.29, 1.82) is 0 Å². The summed E-state index contributed by atoms with van der Waals surface area (Å²) in [5.74, 6) is -19.8. The highest BCUT2D eigenvalue weighted by molar-refractivity contribution is 7.99. The number of aliphatic imine (C=N–C) groups is 1. The zero-order chi connectivity index (χ0) is 19.2. The number of rotatable bonds is 10. The van der Waals surface area contributed by atoms with Crippen LogP contribution in [0.2, 0.25) is 0 Å². The lowest BCUT2D eigenvalue weighted by molar-refractivity contribution is -0.403. The molecule has 0 bridgehead atoms. The van der Waals surface area contributed by atoms with Gasteiger partial charge in [0.25, 0.3) is 0 Å². The molecule has 24 heavy (non-hydrogen) atoms. The summed E-state index contributed by atoms with van der Waals surface area (Å²) in [6.07, 6.45) is -12.5. The molecule has 0 aromatic carbocycles. The molecule has 0 N–H and O–H groups in total. The third-order valence-electron chi connectivity index (χ3n) is 2.72. The Morgan fingerprint density at radius 1 is 0.917 bits per heavy atom. The molecule has 0 amide bonds. The van der Waals surface area contributed by atoms with Crippen LogP contribution in [0.15, 0.2) is 4.99 Å². The van der Waals surface area contributed by atoms with Crippen molar-refractivity contribution in [2.45, 2.75) is 43.0 Å². The molecule has 1 nitrogen and oxygen atoms in total. The number of hydrogen-bond donors (Lipinski definition) is 0. The Kier molecular flexibility index (Phi) is 8.50. The van der Waals surface area contributed by atoms with Crippen LogP contribution in [0.4, 0.5) is 43.9 Å². The van der Waals surface area contributed by atoms with Crippen LogP contribution < -0.4 is 0 Å². The molecule has 1 unspecified atom stereocenters. The molecule has 0 fully saturated rings. The van der Waals surface area contributed by atoms with Gasteiger partial charge in [0.1, 0.15) is 0 Å². The average molecular weight is 411 g/mol. The molecule has 0 aliphatic rings. The van der Waals surface area contributed by atoms with Gasteiger partial charge in [-0.3, -0.25) is 0 Å². The predicted molar refractivity (Wildman–Crippen MR) is 72.2 cm³/mol. The van der Waals surface area contributed by atoms with Gasteiger partial charge in [-0.25, -0.2) is 9.38 Å². The van der Waals surface area contributed by atoms with Gasteiger partial charge < -0.3 is 0 Å². The predicted octanol–water partition coefficient (Wildman–Crippen LogP) is 5.41. The van der Waals surface area contributed by atoms with E-state index in [1.165, 1.54) is 0 Å². The highest BCUT2D eigenvalue weighted by Gasteiger charge is 2.83. The number of thiocarbonyl (C=S) groups is 1. The van der Waals surface area contributed by atoms with E-state index < -0.39 is 43.0 Å². The third-order valence-corrected chi connectivity index (χ3v) is 3.90. The number of alkyl halides is 10. The van der Waals surface area contributed by atoms with Gasteiger partial charge in [0.15, 0.2) is 6.17 Å². The van der Waals surface area contributed by atoms with Crippen LogP contribution in [-0.2, 0) is 0 Å². The van der Waals surface area contributed by atoms with Crippen molar-refractivity contribution in [3.05, 3.63) is 0 Å². The summed E-state index contributed by atoms with van der Waals surface area (Å²) in [5, 5.41) is 2.03. The molecule has 0 heterocycles. The van der Waals surface area contributed by atoms with E-state index in [9.17, 15) is 43.9 Å². The summed E-state index contributed by atoms with van der Waals surface area (Å²) in [4.78, 5) is 3.49. The maximum atomic E-state index is 13.2. The zero-order valence-corrected chi connectivity index (χ0v) is 13.3. The lowest BCUT2D eigenvalue weighted by Crippen LogP contribution is -2.63. The molecule has 0 aliphatic carbocycles. The lowest BCUT2D eigenvalue weighted by atomic mass is 9.97. The van der Waals surface area contributed by atoms with Gasteiger partial charge in [-0.15, -0.1) is 0 Å². The second-order valence-corrected chi connectivity index (χ2v) is 5.87. The van der Waals surface area contributed by atoms with Crippen LogP contribution in [0.25, 0.3) is 0 Å². The maximum absolute atomic E-state index is 13.2. The Morgan fingerprint density at radius 2 is 1.46 bits per heavy atom. The van der Waals surface area contributed by atoms with E-state index in [1.54, 1.807) is 0 Å². The van der Waals surface area contributed by atoms with E-state index in [0.29, 0.717) is 5.75 Å². The Hall–Kier alpha value is -0.550. The standard InChI is InChI=1S/C11H11F10NS2/c12-7(2-1-4-24-5-3-22-6-23)8(13,14)9(15,16)10(17,18)11(19,20)21/h7H,1-5H2. The Balaban J connectivity index is 4.76. The number of nitrogens with zero attached hydrogens (tertiary/aromatic N) is 1. The fraction of sp³-hybridized carbons (Fsp3) is 0.909. The molecular weight excluding hydrogens is 400 g/mol. The minimum Gasteiger partial charge on any atom is -0.241 e. The van der Waals surface area contributed by atoms with Gasteiger partial charge >= 0.3 is 23.9 Å². The maximum Gasteiger partial charge on any atom is 0.460 e. The molecule has 0 aromatic rings. The Labute approximate surface area is 139 Å². The smallest absolute Gasteiger partial charge is 0.241 e. The first-order valence-electron chi connectivity index (χ1n) is 6.19. The summed E-state index contributed by atoms with van der Waals surface area (Å²) < 4.78 is 126. The summed E-state index contributed by atoms with van der Waals surface area (Å²) in [6, 6.07) is 0. The van der Waals surface area contributed by atoms with Crippen molar-refractivity contribution in [3.8, 4) is 0 Å². The van der Waals surface area contributed by atoms with Crippen LogP contribution in [0.1, 0.15) is 12.8 Å². The number of hydrogen-bond acceptors (Lipinski definition) is 3. The van der Waals surface area contributed by atoms with Crippen molar-refractivity contribution in [1.82, 2.24) is 0 Å². The summed E-state index contributed by atoms with van der Waals surface area (Å²) >= 11 is 5.30. The Morgan fingerprint density at radius 3 is 1.92 bits per heavy atom. The summed E-state index contributed by atoms with van der Waals surface area (Å²) in [6.45, 7) is 0.221. The molecule has 0 rings (SSSR count). The highest BCUT2D eigenvalue weighted by Crippen LogP contribution is 2.54. The number of isothiocyanates is 1. The molecule has 0 spiro atoms. The van der Waals surface area contributed by atoms with Crippen LogP contribution in [0.5, 0.6) is 0 Å². The van der Waals surface area contributed by atoms with Crippen molar-refractivity contribution >= 4 is 29.1 Å². The van der Waals surface area contributed by atoms with Gasteiger partial charge in [-0.1, -0.05) is 0 Å². The number of halogens is 10. The summed E-state index contributed by atoms with van der Waals surface area (Å²) in [7, 11) is 0. The Bertz CT molecular complexity index is 445. The molecule has 13 heteroatoms. The first-order valence-corrected chi connectivity index (χ1v) is 7.75. The fourth-order valence-corrected chi connectivity index (χ4v) is 2.27. The molecule has 0 aromatic heterocycles. The second kappa shape index (κ2) is 8.70. The average Bonchev–Trinajstić information content (AvgIpc) is 2.44. The van der Waals surface area contributed by atoms with Crippen LogP contribution >= 0.6 is 24.0 Å². The fourth-order valence-electron chi connectivity index (χ4n) is 1.39.